The fourth-order valence-corrected chi connectivity index (χ4v) is 1.49. The van der Waals surface area contributed by atoms with Crippen LogP contribution in [0, 0.1) is 6.92 Å². The molecule has 1 aromatic carbocycles. The summed E-state index contributed by atoms with van der Waals surface area (Å²) in [6.07, 6.45) is 0. The van der Waals surface area contributed by atoms with Crippen LogP contribution in [-0.4, -0.2) is 13.1 Å². The highest BCUT2D eigenvalue weighted by Gasteiger charge is 2.23. The van der Waals surface area contributed by atoms with Crippen molar-refractivity contribution in [1.82, 2.24) is 0 Å². The van der Waals surface area contributed by atoms with E-state index in [9.17, 15) is 4.79 Å². The van der Waals surface area contributed by atoms with Crippen LogP contribution in [-0.2, 0) is 11.3 Å². The van der Waals surface area contributed by atoms with Crippen LogP contribution >= 0.6 is 0 Å². The number of fused-ring (bicyclic) bond motifs is 1. The van der Waals surface area contributed by atoms with Crippen LogP contribution < -0.4 is 4.74 Å². The van der Waals surface area contributed by atoms with Crippen LogP contribution in [0.15, 0.2) is 12.1 Å². The SMILES string of the molecule is COc1cc(C)c2c(c1)C(=O)OC2. The Morgan fingerprint density at radius 1 is 1.46 bits per heavy atom. The van der Waals surface area contributed by atoms with Crippen molar-refractivity contribution in [2.75, 3.05) is 7.11 Å². The lowest BCUT2D eigenvalue weighted by Gasteiger charge is -2.04. The monoisotopic (exact) mass is 178 g/mol. The van der Waals surface area contributed by atoms with Crippen LogP contribution in [0.5, 0.6) is 5.75 Å². The van der Waals surface area contributed by atoms with Crippen molar-refractivity contribution in [1.29, 1.82) is 0 Å². The van der Waals surface area contributed by atoms with E-state index in [0.29, 0.717) is 17.9 Å². The van der Waals surface area contributed by atoms with Crippen LogP contribution in [0.4, 0.5) is 0 Å². The van der Waals surface area contributed by atoms with E-state index >= 15 is 0 Å². The number of hydrogen-bond acceptors (Lipinski definition) is 3. The second-order valence-corrected chi connectivity index (χ2v) is 3.05. The molecule has 0 atom stereocenters. The molecule has 0 saturated heterocycles. The summed E-state index contributed by atoms with van der Waals surface area (Å²) in [6, 6.07) is 3.62. The lowest BCUT2D eigenvalue weighted by molar-refractivity contribution is 0.0534. The molecule has 1 aromatic rings. The van der Waals surface area contributed by atoms with Crippen molar-refractivity contribution in [3.05, 3.63) is 28.8 Å². The number of cyclic esters (lactones) is 1. The van der Waals surface area contributed by atoms with Crippen molar-refractivity contribution in [2.45, 2.75) is 13.5 Å². The van der Waals surface area contributed by atoms with Gasteiger partial charge in [-0.25, -0.2) is 4.79 Å². The third-order valence-corrected chi connectivity index (χ3v) is 2.25. The van der Waals surface area contributed by atoms with Crippen molar-refractivity contribution >= 4 is 5.97 Å². The minimum atomic E-state index is -0.253. The van der Waals surface area contributed by atoms with E-state index in [1.807, 2.05) is 13.0 Å². The Bertz CT molecular complexity index is 369. The summed E-state index contributed by atoms with van der Waals surface area (Å²) in [4.78, 5) is 11.2. The first-order valence-electron chi connectivity index (χ1n) is 4.07. The summed E-state index contributed by atoms with van der Waals surface area (Å²) >= 11 is 0. The van der Waals surface area contributed by atoms with E-state index in [0.717, 1.165) is 11.1 Å². The van der Waals surface area contributed by atoms with Gasteiger partial charge in [-0.2, -0.15) is 0 Å². The summed E-state index contributed by atoms with van der Waals surface area (Å²) in [5, 5.41) is 0. The van der Waals surface area contributed by atoms with Crippen molar-refractivity contribution in [2.24, 2.45) is 0 Å². The number of methoxy groups -OCH3 is 1. The van der Waals surface area contributed by atoms with Gasteiger partial charge in [0.25, 0.3) is 0 Å². The normalized spacial score (nSPS) is 13.8. The van der Waals surface area contributed by atoms with E-state index in [4.69, 9.17) is 9.47 Å². The Kier molecular flexibility index (Phi) is 1.72. The van der Waals surface area contributed by atoms with Crippen LogP contribution in [0.3, 0.4) is 0 Å². The van der Waals surface area contributed by atoms with Crippen LogP contribution in [0.2, 0.25) is 0 Å². The van der Waals surface area contributed by atoms with Crippen molar-refractivity contribution < 1.29 is 14.3 Å². The topological polar surface area (TPSA) is 35.5 Å². The summed E-state index contributed by atoms with van der Waals surface area (Å²) < 4.78 is 9.97. The molecule has 0 N–H and O–H groups in total. The fourth-order valence-electron chi connectivity index (χ4n) is 1.49. The minimum absolute atomic E-state index is 0.253. The molecule has 1 heterocycles. The Balaban J connectivity index is 2.60. The maximum absolute atomic E-state index is 11.2. The standard InChI is InChI=1S/C10H10O3/c1-6-3-7(12-2)4-8-9(6)5-13-10(8)11/h3-4H,5H2,1-2H3. The second kappa shape index (κ2) is 2.76. The number of aryl methyl sites for hydroxylation is 1. The van der Waals surface area contributed by atoms with Gasteiger partial charge in [-0.3, -0.25) is 0 Å². The van der Waals surface area contributed by atoms with E-state index in [-0.39, 0.29) is 5.97 Å². The van der Waals surface area contributed by atoms with Gasteiger partial charge in [0.2, 0.25) is 0 Å². The van der Waals surface area contributed by atoms with Gasteiger partial charge >= 0.3 is 5.97 Å². The average molecular weight is 178 g/mol. The molecule has 0 saturated carbocycles. The van der Waals surface area contributed by atoms with Crippen molar-refractivity contribution in [3.8, 4) is 5.75 Å². The number of esters is 1. The molecule has 3 nitrogen and oxygen atoms in total. The highest BCUT2D eigenvalue weighted by molar-refractivity contribution is 5.94. The maximum atomic E-state index is 11.2. The molecule has 0 unspecified atom stereocenters. The lowest BCUT2D eigenvalue weighted by atomic mass is 10.0. The Labute approximate surface area is 76.3 Å². The highest BCUT2D eigenvalue weighted by atomic mass is 16.5. The van der Waals surface area contributed by atoms with Gasteiger partial charge in [-0.15, -0.1) is 0 Å². The molecule has 0 aromatic heterocycles. The smallest absolute Gasteiger partial charge is 0.339 e. The van der Waals surface area contributed by atoms with Gasteiger partial charge in [-0.1, -0.05) is 0 Å². The molecule has 13 heavy (non-hydrogen) atoms. The number of rotatable bonds is 1. The van der Waals surface area contributed by atoms with E-state index in [1.54, 1.807) is 13.2 Å². The molecule has 3 heteroatoms. The molecular weight excluding hydrogens is 168 g/mol. The highest BCUT2D eigenvalue weighted by Crippen LogP contribution is 2.27. The maximum Gasteiger partial charge on any atom is 0.339 e. The predicted octanol–water partition coefficient (Wildman–Crippen LogP) is 1.67. The molecule has 0 amide bonds. The first-order valence-corrected chi connectivity index (χ1v) is 4.07. The van der Waals surface area contributed by atoms with Crippen LogP contribution in [0.25, 0.3) is 0 Å². The summed E-state index contributed by atoms with van der Waals surface area (Å²) in [7, 11) is 1.58. The number of ether oxygens (including phenoxy) is 2. The third kappa shape index (κ3) is 1.16. The molecule has 0 spiro atoms. The van der Waals surface area contributed by atoms with Crippen LogP contribution in [0.1, 0.15) is 21.5 Å². The zero-order valence-electron chi connectivity index (χ0n) is 7.59. The summed E-state index contributed by atoms with van der Waals surface area (Å²) in [6.45, 7) is 2.34. The predicted molar refractivity (Wildman–Crippen MR) is 46.9 cm³/mol. The molecule has 0 bridgehead atoms. The molecule has 1 aliphatic rings. The third-order valence-electron chi connectivity index (χ3n) is 2.25. The molecule has 0 fully saturated rings. The van der Waals surface area contributed by atoms with Gasteiger partial charge in [-0.05, 0) is 24.6 Å². The Hall–Kier alpha value is -1.51. The molecule has 68 valence electrons. The minimum Gasteiger partial charge on any atom is -0.497 e. The largest absolute Gasteiger partial charge is 0.497 e. The number of carbonyl (C=O) groups excluding carboxylic acids is 1. The van der Waals surface area contributed by atoms with E-state index < -0.39 is 0 Å². The first-order chi connectivity index (χ1) is 6.22. The zero-order chi connectivity index (χ0) is 9.42. The van der Waals surface area contributed by atoms with Gasteiger partial charge < -0.3 is 9.47 Å². The van der Waals surface area contributed by atoms with E-state index in [1.165, 1.54) is 0 Å². The lowest BCUT2D eigenvalue weighted by Crippen LogP contribution is -1.95. The molecule has 0 aliphatic carbocycles. The van der Waals surface area contributed by atoms with Crippen molar-refractivity contribution in [3.63, 3.8) is 0 Å². The first kappa shape index (κ1) is 8.10. The van der Waals surface area contributed by atoms with Gasteiger partial charge in [0.05, 0.1) is 12.7 Å². The average Bonchev–Trinajstić information content (AvgIpc) is 2.48. The van der Waals surface area contributed by atoms with Gasteiger partial charge in [0.15, 0.2) is 0 Å². The fraction of sp³-hybridized carbons (Fsp3) is 0.300. The molecule has 1 aliphatic heterocycles. The van der Waals surface area contributed by atoms with Gasteiger partial charge in [0, 0.05) is 5.56 Å². The summed E-state index contributed by atoms with van der Waals surface area (Å²) in [5.41, 5.74) is 2.66. The molecular formula is C10H10O3. The quantitative estimate of drug-likeness (QED) is 0.613. The number of hydrogen-bond donors (Lipinski definition) is 0. The Morgan fingerprint density at radius 3 is 2.92 bits per heavy atom. The number of carbonyl (C=O) groups is 1. The second-order valence-electron chi connectivity index (χ2n) is 3.05. The number of benzene rings is 1. The van der Waals surface area contributed by atoms with Gasteiger partial charge in [0.1, 0.15) is 12.4 Å². The Morgan fingerprint density at radius 2 is 2.23 bits per heavy atom. The van der Waals surface area contributed by atoms with E-state index in [2.05, 4.69) is 0 Å². The molecule has 2 rings (SSSR count). The zero-order valence-corrected chi connectivity index (χ0v) is 7.59. The molecule has 0 radical (unpaired) electrons. The summed E-state index contributed by atoms with van der Waals surface area (Å²) in [5.74, 6) is 0.451.